The molecule has 0 spiro atoms. The Hall–Kier alpha value is -3.41. The van der Waals surface area contributed by atoms with E-state index in [1.807, 2.05) is 36.4 Å². The number of amides is 1. The molecule has 3 rings (SSSR count). The number of carbonyl (C=O) groups excluding carboxylic acids is 3. The number of fused-ring (bicyclic) bond motifs is 1. The Balaban J connectivity index is 1.62. The molecule has 144 valence electrons. The van der Waals surface area contributed by atoms with Crippen molar-refractivity contribution in [3.05, 3.63) is 71.4 Å². The van der Waals surface area contributed by atoms with Gasteiger partial charge in [0.25, 0.3) is 0 Å². The van der Waals surface area contributed by atoms with Gasteiger partial charge in [-0.1, -0.05) is 42.5 Å². The van der Waals surface area contributed by atoms with E-state index in [-0.39, 0.29) is 11.7 Å². The lowest BCUT2D eigenvalue weighted by Gasteiger charge is -2.12. The average molecular weight is 378 g/mol. The summed E-state index contributed by atoms with van der Waals surface area (Å²) in [6.45, 7) is 3.59. The number of nitrogens with one attached hydrogen (secondary N) is 2. The van der Waals surface area contributed by atoms with E-state index in [2.05, 4.69) is 10.3 Å². The zero-order chi connectivity index (χ0) is 20.1. The highest BCUT2D eigenvalue weighted by atomic mass is 16.5. The molecule has 0 radical (unpaired) electrons. The van der Waals surface area contributed by atoms with Gasteiger partial charge in [0.2, 0.25) is 11.7 Å². The summed E-state index contributed by atoms with van der Waals surface area (Å²) < 4.78 is 5.38. The van der Waals surface area contributed by atoms with Crippen LogP contribution in [0.2, 0.25) is 0 Å². The highest BCUT2D eigenvalue weighted by Crippen LogP contribution is 2.19. The molecule has 1 amide bonds. The number of benzene rings is 2. The Morgan fingerprint density at radius 3 is 2.50 bits per heavy atom. The second-order valence-corrected chi connectivity index (χ2v) is 6.59. The average Bonchev–Trinajstić information content (AvgIpc) is 3.12. The van der Waals surface area contributed by atoms with Gasteiger partial charge in [0.1, 0.15) is 0 Å². The van der Waals surface area contributed by atoms with Gasteiger partial charge in [-0.3, -0.25) is 9.59 Å². The number of ketones is 1. The molecule has 0 saturated carbocycles. The second-order valence-electron chi connectivity index (χ2n) is 6.59. The fraction of sp³-hybridized carbons (Fsp3) is 0.227. The lowest BCUT2D eigenvalue weighted by Crippen LogP contribution is -2.24. The number of esters is 1. The van der Waals surface area contributed by atoms with Gasteiger partial charge < -0.3 is 15.0 Å². The highest BCUT2D eigenvalue weighted by molar-refractivity contribution is 6.06. The van der Waals surface area contributed by atoms with Gasteiger partial charge in [0.15, 0.2) is 6.10 Å². The molecule has 3 aromatic rings. The second kappa shape index (κ2) is 8.52. The number of aromatic amines is 1. The summed E-state index contributed by atoms with van der Waals surface area (Å²) in [5.41, 5.74) is 2.73. The van der Waals surface area contributed by atoms with Crippen molar-refractivity contribution in [3.8, 4) is 0 Å². The van der Waals surface area contributed by atoms with Crippen molar-refractivity contribution in [1.82, 2.24) is 10.3 Å². The van der Waals surface area contributed by atoms with Crippen molar-refractivity contribution < 1.29 is 19.1 Å². The van der Waals surface area contributed by atoms with E-state index in [4.69, 9.17) is 4.74 Å². The fourth-order valence-electron chi connectivity index (χ4n) is 2.97. The van der Waals surface area contributed by atoms with Crippen molar-refractivity contribution in [1.29, 1.82) is 0 Å². The Kier molecular flexibility index (Phi) is 5.89. The van der Waals surface area contributed by atoms with Crippen molar-refractivity contribution in [2.75, 3.05) is 6.54 Å². The molecular formula is C22H22N2O4. The number of ether oxygens (including phenoxy) is 1. The van der Waals surface area contributed by atoms with Gasteiger partial charge >= 0.3 is 5.97 Å². The molecule has 2 aromatic carbocycles. The number of H-pyrrole nitrogens is 1. The summed E-state index contributed by atoms with van der Waals surface area (Å²) in [7, 11) is 0. The molecule has 28 heavy (non-hydrogen) atoms. The maximum atomic E-state index is 12.6. The zero-order valence-corrected chi connectivity index (χ0v) is 15.8. The molecule has 1 heterocycles. The van der Waals surface area contributed by atoms with Crippen LogP contribution in [0.1, 0.15) is 40.1 Å². The van der Waals surface area contributed by atoms with Crippen LogP contribution in [0.3, 0.4) is 0 Å². The highest BCUT2D eigenvalue weighted by Gasteiger charge is 2.22. The van der Waals surface area contributed by atoms with E-state index in [1.54, 1.807) is 25.3 Å². The van der Waals surface area contributed by atoms with E-state index in [1.165, 1.54) is 6.92 Å². The third kappa shape index (κ3) is 4.46. The first kappa shape index (κ1) is 19.4. The smallest absolute Gasteiger partial charge is 0.341 e. The minimum atomic E-state index is -0.897. The van der Waals surface area contributed by atoms with Crippen molar-refractivity contribution in [2.45, 2.75) is 26.4 Å². The molecule has 0 saturated heterocycles. The van der Waals surface area contributed by atoms with E-state index in [0.29, 0.717) is 24.1 Å². The van der Waals surface area contributed by atoms with Crippen molar-refractivity contribution >= 4 is 28.6 Å². The maximum Gasteiger partial charge on any atom is 0.341 e. The quantitative estimate of drug-likeness (QED) is 0.488. The van der Waals surface area contributed by atoms with Crippen LogP contribution in [-0.4, -0.2) is 35.3 Å². The zero-order valence-electron chi connectivity index (χ0n) is 15.8. The molecule has 0 aliphatic rings. The molecule has 0 bridgehead atoms. The minimum Gasteiger partial charge on any atom is -0.451 e. The molecule has 1 aromatic heterocycles. The summed E-state index contributed by atoms with van der Waals surface area (Å²) in [6, 6.07) is 14.5. The Bertz CT molecular complexity index is 1000. The molecular weight excluding hydrogens is 356 g/mol. The molecule has 0 fully saturated rings. The number of hydrogen-bond acceptors (Lipinski definition) is 4. The molecule has 0 aliphatic heterocycles. The molecule has 0 aliphatic carbocycles. The lowest BCUT2D eigenvalue weighted by atomic mass is 10.0. The fourth-order valence-corrected chi connectivity index (χ4v) is 2.97. The van der Waals surface area contributed by atoms with Crippen LogP contribution in [0.15, 0.2) is 54.7 Å². The van der Waals surface area contributed by atoms with E-state index in [9.17, 15) is 14.4 Å². The van der Waals surface area contributed by atoms with Gasteiger partial charge in [-0.2, -0.15) is 0 Å². The normalized spacial score (nSPS) is 11.8. The van der Waals surface area contributed by atoms with Crippen molar-refractivity contribution in [3.63, 3.8) is 0 Å². The third-order valence-corrected chi connectivity index (χ3v) is 4.49. The first-order valence-electron chi connectivity index (χ1n) is 9.10. The summed E-state index contributed by atoms with van der Waals surface area (Å²) in [6.07, 6.45) is 1.37. The van der Waals surface area contributed by atoms with Gasteiger partial charge in [-0.05, 0) is 25.0 Å². The van der Waals surface area contributed by atoms with Crippen LogP contribution >= 0.6 is 0 Å². The lowest BCUT2D eigenvalue weighted by molar-refractivity contribution is -0.118. The largest absolute Gasteiger partial charge is 0.451 e. The number of hydrogen-bond donors (Lipinski definition) is 2. The monoisotopic (exact) mass is 378 g/mol. The Morgan fingerprint density at radius 1 is 1.07 bits per heavy atom. The van der Waals surface area contributed by atoms with Crippen LogP contribution in [0.5, 0.6) is 0 Å². The molecule has 2 N–H and O–H groups in total. The first-order valence-corrected chi connectivity index (χ1v) is 9.10. The SMILES string of the molecule is CC(=O)NCCc1ccc(C(=O)[C@@H](C)OC(=O)c2c[nH]c3ccccc23)cc1. The number of rotatable bonds is 7. The summed E-state index contributed by atoms with van der Waals surface area (Å²) in [4.78, 5) is 39.0. The summed E-state index contributed by atoms with van der Waals surface area (Å²) in [5, 5.41) is 3.49. The summed E-state index contributed by atoms with van der Waals surface area (Å²) in [5.74, 6) is -0.871. The Labute approximate surface area is 162 Å². The van der Waals surface area contributed by atoms with E-state index in [0.717, 1.165) is 16.5 Å². The summed E-state index contributed by atoms with van der Waals surface area (Å²) >= 11 is 0. The Morgan fingerprint density at radius 2 is 1.79 bits per heavy atom. The number of Topliss-reactive ketones (excluding diaryl/α,β-unsaturated/α-hetero) is 1. The predicted molar refractivity (Wildman–Crippen MR) is 106 cm³/mol. The standard InChI is InChI=1S/C22H22N2O4/c1-14(28-22(27)19-13-24-20-6-4-3-5-18(19)20)21(26)17-9-7-16(8-10-17)11-12-23-15(2)25/h3-10,13-14,24H,11-12H2,1-2H3,(H,23,25)/t14-/m1/s1. The van der Waals surface area contributed by atoms with Gasteiger partial charge in [0, 0.05) is 36.1 Å². The number of carbonyl (C=O) groups is 3. The van der Waals surface area contributed by atoms with Crippen LogP contribution in [0.25, 0.3) is 10.9 Å². The maximum absolute atomic E-state index is 12.6. The van der Waals surface area contributed by atoms with Crippen LogP contribution in [-0.2, 0) is 16.0 Å². The third-order valence-electron chi connectivity index (χ3n) is 4.49. The predicted octanol–water partition coefficient (Wildman–Crippen LogP) is 3.27. The number of aromatic nitrogens is 1. The van der Waals surface area contributed by atoms with Gasteiger partial charge in [-0.25, -0.2) is 4.79 Å². The molecule has 1 atom stereocenters. The van der Waals surface area contributed by atoms with E-state index < -0.39 is 12.1 Å². The van der Waals surface area contributed by atoms with Crippen LogP contribution < -0.4 is 5.32 Å². The topological polar surface area (TPSA) is 88.3 Å². The van der Waals surface area contributed by atoms with E-state index >= 15 is 0 Å². The molecule has 0 unspecified atom stereocenters. The first-order chi connectivity index (χ1) is 13.5. The minimum absolute atomic E-state index is 0.0716. The molecule has 6 heteroatoms. The van der Waals surface area contributed by atoms with Gasteiger partial charge in [-0.15, -0.1) is 0 Å². The van der Waals surface area contributed by atoms with Crippen molar-refractivity contribution in [2.24, 2.45) is 0 Å². The van der Waals surface area contributed by atoms with Gasteiger partial charge in [0.05, 0.1) is 5.56 Å². The number of para-hydroxylation sites is 1. The molecule has 6 nitrogen and oxygen atoms in total. The van der Waals surface area contributed by atoms with Crippen LogP contribution in [0.4, 0.5) is 0 Å². The van der Waals surface area contributed by atoms with Crippen LogP contribution in [0, 0.1) is 0 Å².